The number of aryl methyl sites for hydroxylation is 1. The molecule has 0 aromatic carbocycles. The first-order valence-corrected chi connectivity index (χ1v) is 10.4. The summed E-state index contributed by atoms with van der Waals surface area (Å²) in [5.41, 5.74) is 7.10. The van der Waals surface area contributed by atoms with Gasteiger partial charge in [0.15, 0.2) is 0 Å². The van der Waals surface area contributed by atoms with Gasteiger partial charge in [0.2, 0.25) is 11.8 Å². The van der Waals surface area contributed by atoms with E-state index in [-0.39, 0.29) is 24.3 Å². The quantitative estimate of drug-likeness (QED) is 0.793. The van der Waals surface area contributed by atoms with Crippen LogP contribution in [-0.4, -0.2) is 60.2 Å². The molecule has 0 radical (unpaired) electrons. The summed E-state index contributed by atoms with van der Waals surface area (Å²) in [6.07, 6.45) is 3.96. The van der Waals surface area contributed by atoms with E-state index < -0.39 is 5.91 Å². The highest BCUT2D eigenvalue weighted by Crippen LogP contribution is 2.37. The second kappa shape index (κ2) is 8.39. The van der Waals surface area contributed by atoms with Crippen LogP contribution < -0.4 is 11.1 Å². The second-order valence-corrected chi connectivity index (χ2v) is 8.69. The van der Waals surface area contributed by atoms with E-state index >= 15 is 0 Å². The van der Waals surface area contributed by atoms with Gasteiger partial charge in [-0.2, -0.15) is 0 Å². The second-order valence-electron chi connectivity index (χ2n) is 7.58. The number of nitrogens with one attached hydrogen (secondary N) is 1. The van der Waals surface area contributed by atoms with Crippen molar-refractivity contribution >= 4 is 34.1 Å². The summed E-state index contributed by atoms with van der Waals surface area (Å²) in [5, 5.41) is 3.50. The minimum Gasteiger partial charge on any atom is -0.365 e. The molecule has 148 valence electrons. The largest absolute Gasteiger partial charge is 0.365 e. The van der Waals surface area contributed by atoms with E-state index in [0.29, 0.717) is 36.7 Å². The Morgan fingerprint density at radius 2 is 1.78 bits per heavy atom. The molecule has 27 heavy (non-hydrogen) atoms. The number of anilines is 1. The minimum absolute atomic E-state index is 0.00284. The minimum atomic E-state index is -0.467. The summed E-state index contributed by atoms with van der Waals surface area (Å²) in [6, 6.07) is 0. The molecule has 1 aromatic heterocycles. The standard InChI is InChI=1S/C19H28N4O3S/c1-12(2)19(26)23-9-7-22(8-10-23)11-15(24)21-18-16(17(20)25)13-5-3-4-6-14(13)27-18/h12H,3-11H2,1-2H3,(H2,20,25)(H,21,24). The van der Waals surface area contributed by atoms with Crippen LogP contribution in [0.4, 0.5) is 5.00 Å². The fourth-order valence-electron chi connectivity index (χ4n) is 3.78. The predicted molar refractivity (Wildman–Crippen MR) is 106 cm³/mol. The number of nitrogens with zero attached hydrogens (tertiary/aromatic N) is 2. The lowest BCUT2D eigenvalue weighted by atomic mass is 9.95. The average molecular weight is 393 g/mol. The molecule has 1 aliphatic carbocycles. The van der Waals surface area contributed by atoms with Gasteiger partial charge in [-0.25, -0.2) is 0 Å². The van der Waals surface area contributed by atoms with Crippen LogP contribution >= 0.6 is 11.3 Å². The molecule has 1 aliphatic heterocycles. The fourth-order valence-corrected chi connectivity index (χ4v) is 5.09. The molecule has 0 unspecified atom stereocenters. The van der Waals surface area contributed by atoms with E-state index in [1.54, 1.807) is 0 Å². The summed E-state index contributed by atoms with van der Waals surface area (Å²) in [7, 11) is 0. The number of rotatable bonds is 5. The molecule has 3 rings (SSSR count). The maximum atomic E-state index is 12.5. The van der Waals surface area contributed by atoms with E-state index in [2.05, 4.69) is 5.32 Å². The van der Waals surface area contributed by atoms with E-state index in [4.69, 9.17) is 5.73 Å². The van der Waals surface area contributed by atoms with Crippen molar-refractivity contribution in [2.24, 2.45) is 11.7 Å². The topological polar surface area (TPSA) is 95.7 Å². The Labute approximate surface area is 163 Å². The molecule has 0 saturated carbocycles. The number of piperazine rings is 1. The Morgan fingerprint density at radius 3 is 2.41 bits per heavy atom. The Bertz CT molecular complexity index is 736. The highest BCUT2D eigenvalue weighted by molar-refractivity contribution is 7.17. The Morgan fingerprint density at radius 1 is 1.11 bits per heavy atom. The molecule has 8 heteroatoms. The van der Waals surface area contributed by atoms with Gasteiger partial charge in [-0.3, -0.25) is 19.3 Å². The van der Waals surface area contributed by atoms with Crippen LogP contribution in [-0.2, 0) is 22.4 Å². The van der Waals surface area contributed by atoms with Crippen LogP contribution in [0.3, 0.4) is 0 Å². The lowest BCUT2D eigenvalue weighted by Crippen LogP contribution is -2.51. The Balaban J connectivity index is 1.58. The van der Waals surface area contributed by atoms with Crippen LogP contribution in [0, 0.1) is 5.92 Å². The van der Waals surface area contributed by atoms with Gasteiger partial charge in [0, 0.05) is 37.0 Å². The summed E-state index contributed by atoms with van der Waals surface area (Å²) in [6.45, 7) is 6.70. The van der Waals surface area contributed by atoms with Crippen LogP contribution in [0.25, 0.3) is 0 Å². The molecule has 7 nitrogen and oxygen atoms in total. The Kier molecular flexibility index (Phi) is 6.16. The smallest absolute Gasteiger partial charge is 0.251 e. The highest BCUT2D eigenvalue weighted by Gasteiger charge is 2.27. The molecular weight excluding hydrogens is 364 g/mol. The first kappa shape index (κ1) is 19.8. The van der Waals surface area contributed by atoms with Crippen molar-refractivity contribution in [3.63, 3.8) is 0 Å². The number of carbonyl (C=O) groups is 3. The van der Waals surface area contributed by atoms with Gasteiger partial charge in [0.1, 0.15) is 5.00 Å². The third kappa shape index (κ3) is 4.50. The van der Waals surface area contributed by atoms with Crippen LogP contribution in [0.15, 0.2) is 0 Å². The Hall–Kier alpha value is -1.93. The number of hydrogen-bond donors (Lipinski definition) is 2. The first-order chi connectivity index (χ1) is 12.9. The van der Waals surface area contributed by atoms with Crippen LogP contribution in [0.2, 0.25) is 0 Å². The summed E-state index contributed by atoms with van der Waals surface area (Å²) >= 11 is 1.48. The zero-order chi connectivity index (χ0) is 19.6. The molecule has 1 fully saturated rings. The van der Waals surface area contributed by atoms with Crippen molar-refractivity contribution in [1.29, 1.82) is 0 Å². The third-order valence-electron chi connectivity index (χ3n) is 5.22. The average Bonchev–Trinajstić information content (AvgIpc) is 2.99. The summed E-state index contributed by atoms with van der Waals surface area (Å²) in [4.78, 5) is 41.5. The molecule has 1 aromatic rings. The molecule has 1 saturated heterocycles. The molecule has 0 atom stereocenters. The van der Waals surface area contributed by atoms with Crippen molar-refractivity contribution in [2.75, 3.05) is 38.0 Å². The molecular formula is C19H28N4O3S. The zero-order valence-electron chi connectivity index (χ0n) is 16.0. The van der Waals surface area contributed by atoms with Crippen LogP contribution in [0.5, 0.6) is 0 Å². The SMILES string of the molecule is CC(C)C(=O)N1CCN(CC(=O)Nc2sc3c(c2C(N)=O)CCCC3)CC1. The molecule has 0 spiro atoms. The number of nitrogens with two attached hydrogens (primary N) is 1. The van der Waals surface area contributed by atoms with Crippen molar-refractivity contribution in [3.05, 3.63) is 16.0 Å². The monoisotopic (exact) mass is 392 g/mol. The van der Waals surface area contributed by atoms with Gasteiger partial charge in [-0.15, -0.1) is 11.3 Å². The van der Waals surface area contributed by atoms with Crippen LogP contribution in [0.1, 0.15) is 47.5 Å². The van der Waals surface area contributed by atoms with Crippen molar-refractivity contribution in [1.82, 2.24) is 9.80 Å². The number of fused-ring (bicyclic) bond motifs is 1. The normalized spacial score (nSPS) is 17.7. The lowest BCUT2D eigenvalue weighted by molar-refractivity contribution is -0.136. The molecule has 3 amide bonds. The molecule has 2 heterocycles. The fraction of sp³-hybridized carbons (Fsp3) is 0.632. The summed E-state index contributed by atoms with van der Waals surface area (Å²) < 4.78 is 0. The van der Waals surface area contributed by atoms with Gasteiger partial charge < -0.3 is 16.0 Å². The first-order valence-electron chi connectivity index (χ1n) is 9.62. The van der Waals surface area contributed by atoms with Gasteiger partial charge >= 0.3 is 0 Å². The molecule has 0 bridgehead atoms. The van der Waals surface area contributed by atoms with Gasteiger partial charge in [-0.1, -0.05) is 13.8 Å². The van der Waals surface area contributed by atoms with Gasteiger partial charge in [0.25, 0.3) is 5.91 Å². The number of thiophene rings is 1. The number of hydrogen-bond acceptors (Lipinski definition) is 5. The lowest BCUT2D eigenvalue weighted by Gasteiger charge is -2.35. The maximum Gasteiger partial charge on any atom is 0.251 e. The van der Waals surface area contributed by atoms with E-state index in [1.807, 2.05) is 23.6 Å². The number of primary amides is 1. The molecule has 3 N–H and O–H groups in total. The maximum absolute atomic E-state index is 12.5. The summed E-state index contributed by atoms with van der Waals surface area (Å²) in [5.74, 6) is -0.448. The number of amides is 3. The van der Waals surface area contributed by atoms with Crippen molar-refractivity contribution < 1.29 is 14.4 Å². The molecule has 2 aliphatic rings. The number of carbonyl (C=O) groups excluding carboxylic acids is 3. The predicted octanol–water partition coefficient (Wildman–Crippen LogP) is 1.46. The van der Waals surface area contributed by atoms with E-state index in [9.17, 15) is 14.4 Å². The zero-order valence-corrected chi connectivity index (χ0v) is 16.9. The van der Waals surface area contributed by atoms with Crippen molar-refractivity contribution in [3.8, 4) is 0 Å². The van der Waals surface area contributed by atoms with Gasteiger partial charge in [0.05, 0.1) is 12.1 Å². The third-order valence-corrected chi connectivity index (χ3v) is 6.42. The van der Waals surface area contributed by atoms with E-state index in [1.165, 1.54) is 16.2 Å². The highest BCUT2D eigenvalue weighted by atomic mass is 32.1. The van der Waals surface area contributed by atoms with E-state index in [0.717, 1.165) is 31.2 Å². The van der Waals surface area contributed by atoms with Gasteiger partial charge in [-0.05, 0) is 31.2 Å². The van der Waals surface area contributed by atoms with Crippen molar-refractivity contribution in [2.45, 2.75) is 39.5 Å².